The van der Waals surface area contributed by atoms with Crippen LogP contribution in [0.1, 0.15) is 17.8 Å². The third-order valence-electron chi connectivity index (χ3n) is 2.69. The first-order valence-corrected chi connectivity index (χ1v) is 5.39. The molecular formula is C12H14N2O3. The van der Waals surface area contributed by atoms with E-state index in [1.165, 1.54) is 0 Å². The van der Waals surface area contributed by atoms with E-state index in [1.807, 2.05) is 26.0 Å². The smallest absolute Gasteiger partial charge is 0.305 e. The summed E-state index contributed by atoms with van der Waals surface area (Å²) in [6, 6.07) is 3.70. The molecule has 0 saturated heterocycles. The Bertz CT molecular complexity index is 526. The minimum absolute atomic E-state index is 0.0690. The van der Waals surface area contributed by atoms with E-state index in [2.05, 4.69) is 5.10 Å². The van der Waals surface area contributed by atoms with Gasteiger partial charge in [0.15, 0.2) is 0 Å². The van der Waals surface area contributed by atoms with Gasteiger partial charge in [0, 0.05) is 5.69 Å². The zero-order chi connectivity index (χ0) is 12.4. The van der Waals surface area contributed by atoms with Gasteiger partial charge < -0.3 is 9.52 Å². The number of hydrogen-bond donors (Lipinski definition) is 1. The zero-order valence-electron chi connectivity index (χ0n) is 9.80. The fourth-order valence-corrected chi connectivity index (χ4v) is 1.89. The Balaban J connectivity index is 2.32. The van der Waals surface area contributed by atoms with Crippen LogP contribution in [0.4, 0.5) is 0 Å². The van der Waals surface area contributed by atoms with E-state index in [9.17, 15) is 4.79 Å². The van der Waals surface area contributed by atoms with Crippen molar-refractivity contribution in [2.24, 2.45) is 0 Å². The van der Waals surface area contributed by atoms with Gasteiger partial charge in [0.2, 0.25) is 0 Å². The molecule has 0 aliphatic carbocycles. The van der Waals surface area contributed by atoms with E-state index in [0.717, 1.165) is 22.7 Å². The fourth-order valence-electron chi connectivity index (χ4n) is 1.89. The molecule has 2 rings (SSSR count). The van der Waals surface area contributed by atoms with E-state index in [1.54, 1.807) is 10.9 Å². The topological polar surface area (TPSA) is 68.3 Å². The predicted molar refractivity (Wildman–Crippen MR) is 61.7 cm³/mol. The summed E-state index contributed by atoms with van der Waals surface area (Å²) in [7, 11) is 0. The number of carboxylic acid groups (broad SMARTS) is 1. The van der Waals surface area contributed by atoms with E-state index in [0.29, 0.717) is 6.54 Å². The van der Waals surface area contributed by atoms with Gasteiger partial charge in [-0.3, -0.25) is 9.48 Å². The first kappa shape index (κ1) is 11.4. The fraction of sp³-hybridized carbons (Fsp3) is 0.333. The quantitative estimate of drug-likeness (QED) is 0.880. The summed E-state index contributed by atoms with van der Waals surface area (Å²) in [4.78, 5) is 10.5. The summed E-state index contributed by atoms with van der Waals surface area (Å²) < 4.78 is 7.06. The zero-order valence-corrected chi connectivity index (χ0v) is 9.80. The van der Waals surface area contributed by atoms with Crippen molar-refractivity contribution in [1.29, 1.82) is 0 Å². The van der Waals surface area contributed by atoms with Gasteiger partial charge in [-0.2, -0.15) is 5.10 Å². The molecule has 2 heterocycles. The highest BCUT2D eigenvalue weighted by Crippen LogP contribution is 2.27. The monoisotopic (exact) mass is 234 g/mol. The third kappa shape index (κ3) is 2.22. The predicted octanol–water partition coefficient (Wildman–Crippen LogP) is 2.23. The summed E-state index contributed by atoms with van der Waals surface area (Å²) in [5.41, 5.74) is 2.72. The van der Waals surface area contributed by atoms with Crippen LogP contribution < -0.4 is 0 Å². The van der Waals surface area contributed by atoms with Gasteiger partial charge in [-0.05, 0) is 26.0 Å². The van der Waals surface area contributed by atoms with Gasteiger partial charge in [0.05, 0.1) is 30.5 Å². The number of aromatic nitrogens is 2. The molecule has 0 bridgehead atoms. The molecule has 90 valence electrons. The minimum atomic E-state index is -0.822. The molecular weight excluding hydrogens is 220 g/mol. The normalized spacial score (nSPS) is 10.7. The number of hydrogen-bond acceptors (Lipinski definition) is 3. The Hall–Kier alpha value is -2.04. The molecule has 0 fully saturated rings. The molecule has 2 aromatic rings. The molecule has 5 heteroatoms. The molecule has 2 aromatic heterocycles. The molecule has 0 amide bonds. The van der Waals surface area contributed by atoms with Crippen LogP contribution in [-0.4, -0.2) is 20.9 Å². The Morgan fingerprint density at radius 3 is 2.88 bits per heavy atom. The van der Waals surface area contributed by atoms with Crippen molar-refractivity contribution in [2.75, 3.05) is 0 Å². The maximum absolute atomic E-state index is 10.5. The van der Waals surface area contributed by atoms with Crippen LogP contribution in [0.25, 0.3) is 11.3 Å². The second-order valence-electron chi connectivity index (χ2n) is 3.89. The van der Waals surface area contributed by atoms with Crippen LogP contribution in [0.2, 0.25) is 0 Å². The second-order valence-corrected chi connectivity index (χ2v) is 3.89. The summed E-state index contributed by atoms with van der Waals surface area (Å²) >= 11 is 0. The number of nitrogens with zero attached hydrogens (tertiary/aromatic N) is 2. The highest BCUT2D eigenvalue weighted by Gasteiger charge is 2.15. The van der Waals surface area contributed by atoms with Crippen molar-refractivity contribution in [3.8, 4) is 11.3 Å². The lowest BCUT2D eigenvalue weighted by molar-refractivity contribution is -0.137. The van der Waals surface area contributed by atoms with Gasteiger partial charge in [-0.1, -0.05) is 0 Å². The first-order valence-electron chi connectivity index (χ1n) is 5.39. The Morgan fingerprint density at radius 1 is 1.53 bits per heavy atom. The molecule has 0 spiro atoms. The molecule has 17 heavy (non-hydrogen) atoms. The van der Waals surface area contributed by atoms with Crippen LogP contribution in [0.3, 0.4) is 0 Å². The second kappa shape index (κ2) is 4.45. The molecule has 0 aliphatic rings. The lowest BCUT2D eigenvalue weighted by atomic mass is 10.1. The number of aliphatic carboxylic acids is 1. The van der Waals surface area contributed by atoms with E-state index < -0.39 is 5.97 Å². The van der Waals surface area contributed by atoms with E-state index in [4.69, 9.17) is 9.52 Å². The minimum Gasteiger partial charge on any atom is -0.481 e. The van der Waals surface area contributed by atoms with Crippen LogP contribution in [-0.2, 0) is 11.3 Å². The third-order valence-corrected chi connectivity index (χ3v) is 2.69. The largest absolute Gasteiger partial charge is 0.481 e. The molecule has 0 unspecified atom stereocenters. The number of furan rings is 1. The Morgan fingerprint density at radius 2 is 2.29 bits per heavy atom. The maximum Gasteiger partial charge on any atom is 0.305 e. The number of rotatable bonds is 4. The van der Waals surface area contributed by atoms with Crippen LogP contribution in [0.5, 0.6) is 0 Å². The number of carboxylic acids is 1. The molecule has 5 nitrogen and oxygen atoms in total. The molecule has 0 atom stereocenters. The number of carbonyl (C=O) groups is 1. The van der Waals surface area contributed by atoms with Gasteiger partial charge >= 0.3 is 5.97 Å². The summed E-state index contributed by atoms with van der Waals surface area (Å²) in [6.45, 7) is 4.19. The first-order chi connectivity index (χ1) is 8.09. The molecule has 1 N–H and O–H groups in total. The Kier molecular flexibility index (Phi) is 2.99. The summed E-state index contributed by atoms with van der Waals surface area (Å²) in [5, 5.41) is 13.0. The molecule has 0 radical (unpaired) electrons. The summed E-state index contributed by atoms with van der Waals surface area (Å²) in [5.74, 6) is -0.0568. The van der Waals surface area contributed by atoms with E-state index >= 15 is 0 Å². The van der Waals surface area contributed by atoms with Crippen molar-refractivity contribution in [1.82, 2.24) is 9.78 Å². The average Bonchev–Trinajstić information content (AvgIpc) is 2.84. The summed E-state index contributed by atoms with van der Waals surface area (Å²) in [6.07, 6.45) is 1.68. The van der Waals surface area contributed by atoms with Crippen LogP contribution in [0, 0.1) is 13.8 Å². The maximum atomic E-state index is 10.5. The Labute approximate surface area is 98.7 Å². The van der Waals surface area contributed by atoms with Crippen molar-refractivity contribution in [3.63, 3.8) is 0 Å². The van der Waals surface area contributed by atoms with E-state index in [-0.39, 0.29) is 6.42 Å². The van der Waals surface area contributed by atoms with Gasteiger partial charge in [0.1, 0.15) is 5.76 Å². The molecule has 0 aromatic carbocycles. The van der Waals surface area contributed by atoms with Crippen molar-refractivity contribution >= 4 is 5.97 Å². The van der Waals surface area contributed by atoms with Gasteiger partial charge in [-0.25, -0.2) is 0 Å². The van der Waals surface area contributed by atoms with Crippen LogP contribution in [0.15, 0.2) is 22.8 Å². The lowest BCUT2D eigenvalue weighted by Gasteiger charge is -2.02. The van der Waals surface area contributed by atoms with Gasteiger partial charge in [-0.15, -0.1) is 0 Å². The van der Waals surface area contributed by atoms with Gasteiger partial charge in [0.25, 0.3) is 0 Å². The van der Waals surface area contributed by atoms with Crippen LogP contribution >= 0.6 is 0 Å². The van der Waals surface area contributed by atoms with Crippen molar-refractivity contribution < 1.29 is 14.3 Å². The SMILES string of the molecule is Cc1nn(CCC(=O)O)c(C)c1-c1ccco1. The highest BCUT2D eigenvalue weighted by atomic mass is 16.4. The molecule has 0 saturated carbocycles. The van der Waals surface area contributed by atoms with Crippen molar-refractivity contribution in [2.45, 2.75) is 26.8 Å². The lowest BCUT2D eigenvalue weighted by Crippen LogP contribution is -2.07. The van der Waals surface area contributed by atoms with Crippen molar-refractivity contribution in [3.05, 3.63) is 29.8 Å². The molecule has 0 aliphatic heterocycles. The highest BCUT2D eigenvalue weighted by molar-refractivity contribution is 5.67. The average molecular weight is 234 g/mol. The standard InChI is InChI=1S/C12H14N2O3/c1-8-12(10-4-3-7-17-10)9(2)14(13-8)6-5-11(15)16/h3-4,7H,5-6H2,1-2H3,(H,15,16). The number of aryl methyl sites for hydroxylation is 2.